The third-order valence-electron chi connectivity index (χ3n) is 4.86. The van der Waals surface area contributed by atoms with Crippen molar-refractivity contribution in [3.05, 3.63) is 24.4 Å². The zero-order valence-corrected chi connectivity index (χ0v) is 11.0. The van der Waals surface area contributed by atoms with Crippen LogP contribution in [0.25, 0.3) is 0 Å². The standard InChI is InChI=1S/C15H19NO3/c1-2-7-16-13-4-3-12(18)11-8-10(17)9-15(11,13)6-5-14(16)19/h2,4,10-11,17H,1,3,5-9H2/t10?,11-,15-/m1/s1. The number of carbonyl (C=O) groups is 2. The number of rotatable bonds is 2. The monoisotopic (exact) mass is 261 g/mol. The van der Waals surface area contributed by atoms with Gasteiger partial charge in [0.2, 0.25) is 5.91 Å². The van der Waals surface area contributed by atoms with Crippen LogP contribution < -0.4 is 0 Å². The third kappa shape index (κ3) is 1.70. The lowest BCUT2D eigenvalue weighted by atomic mass is 9.64. The molecule has 3 atom stereocenters. The number of aliphatic hydroxyl groups is 1. The van der Waals surface area contributed by atoms with Gasteiger partial charge in [-0.15, -0.1) is 6.58 Å². The van der Waals surface area contributed by atoms with Crippen molar-refractivity contribution in [3.8, 4) is 0 Å². The number of likely N-dealkylation sites (tertiary alicyclic amines) is 1. The summed E-state index contributed by atoms with van der Waals surface area (Å²) in [5.74, 6) is 0.211. The number of Topliss-reactive ketones (excluding diaryl/α,β-unsaturated/α-hetero) is 1. The first-order chi connectivity index (χ1) is 9.08. The minimum atomic E-state index is -0.422. The van der Waals surface area contributed by atoms with Gasteiger partial charge < -0.3 is 10.0 Å². The normalized spacial score (nSPS) is 37.7. The summed E-state index contributed by atoms with van der Waals surface area (Å²) in [6, 6.07) is 0. The van der Waals surface area contributed by atoms with E-state index in [-0.39, 0.29) is 23.0 Å². The summed E-state index contributed by atoms with van der Waals surface area (Å²) in [6.07, 6.45) is 5.89. The van der Waals surface area contributed by atoms with Crippen LogP contribution in [-0.2, 0) is 9.59 Å². The Labute approximate surface area is 112 Å². The summed E-state index contributed by atoms with van der Waals surface area (Å²) in [4.78, 5) is 26.0. The van der Waals surface area contributed by atoms with Crippen LogP contribution in [0.4, 0.5) is 0 Å². The van der Waals surface area contributed by atoms with Crippen molar-refractivity contribution >= 4 is 11.7 Å². The van der Waals surface area contributed by atoms with Gasteiger partial charge >= 0.3 is 0 Å². The Morgan fingerprint density at radius 1 is 1.53 bits per heavy atom. The fraction of sp³-hybridized carbons (Fsp3) is 0.600. The van der Waals surface area contributed by atoms with Gasteiger partial charge in [-0.1, -0.05) is 12.2 Å². The van der Waals surface area contributed by atoms with Gasteiger partial charge in [0.05, 0.1) is 6.10 Å². The topological polar surface area (TPSA) is 57.6 Å². The van der Waals surface area contributed by atoms with Gasteiger partial charge in [-0.3, -0.25) is 9.59 Å². The molecule has 1 saturated heterocycles. The van der Waals surface area contributed by atoms with E-state index in [0.717, 1.165) is 5.70 Å². The fourth-order valence-corrected chi connectivity index (χ4v) is 4.12. The minimum absolute atomic E-state index is 0.103. The number of carbonyl (C=O) groups excluding carboxylic acids is 2. The van der Waals surface area contributed by atoms with Crippen LogP contribution in [0, 0.1) is 11.3 Å². The van der Waals surface area contributed by atoms with Gasteiger partial charge in [0.15, 0.2) is 0 Å². The number of amides is 1. The number of ketones is 1. The molecule has 0 aromatic rings. The minimum Gasteiger partial charge on any atom is -0.393 e. The lowest BCUT2D eigenvalue weighted by Gasteiger charge is -2.47. The van der Waals surface area contributed by atoms with Gasteiger partial charge in [0, 0.05) is 36.4 Å². The first-order valence-electron chi connectivity index (χ1n) is 6.91. The molecule has 19 heavy (non-hydrogen) atoms. The van der Waals surface area contributed by atoms with Gasteiger partial charge in [-0.25, -0.2) is 0 Å². The largest absolute Gasteiger partial charge is 0.393 e. The molecule has 4 heteroatoms. The molecule has 0 radical (unpaired) electrons. The van der Waals surface area contributed by atoms with Crippen molar-refractivity contribution in [3.63, 3.8) is 0 Å². The van der Waals surface area contributed by atoms with E-state index in [0.29, 0.717) is 38.6 Å². The molecule has 3 rings (SSSR count). The lowest BCUT2D eigenvalue weighted by molar-refractivity contribution is -0.137. The molecule has 1 N–H and O–H groups in total. The summed E-state index contributed by atoms with van der Waals surface area (Å²) in [6.45, 7) is 4.19. The Morgan fingerprint density at radius 3 is 3.05 bits per heavy atom. The van der Waals surface area contributed by atoms with E-state index in [1.807, 2.05) is 6.08 Å². The summed E-state index contributed by atoms with van der Waals surface area (Å²) in [5.41, 5.74) is 0.663. The first-order valence-corrected chi connectivity index (χ1v) is 6.91. The second-order valence-electron chi connectivity index (χ2n) is 5.86. The molecule has 1 amide bonds. The van der Waals surface area contributed by atoms with Crippen LogP contribution >= 0.6 is 0 Å². The van der Waals surface area contributed by atoms with Crippen molar-refractivity contribution in [1.29, 1.82) is 0 Å². The quantitative estimate of drug-likeness (QED) is 0.765. The predicted molar refractivity (Wildman–Crippen MR) is 70.0 cm³/mol. The first kappa shape index (κ1) is 12.6. The molecule has 1 aliphatic heterocycles. The number of nitrogens with zero attached hydrogens (tertiary/aromatic N) is 1. The van der Waals surface area contributed by atoms with Crippen LogP contribution in [0.15, 0.2) is 24.4 Å². The zero-order valence-electron chi connectivity index (χ0n) is 11.0. The summed E-state index contributed by atoms with van der Waals surface area (Å²) < 4.78 is 0. The smallest absolute Gasteiger partial charge is 0.227 e. The van der Waals surface area contributed by atoms with E-state index in [9.17, 15) is 14.7 Å². The van der Waals surface area contributed by atoms with Crippen LogP contribution in [0.1, 0.15) is 32.1 Å². The zero-order chi connectivity index (χ0) is 13.6. The van der Waals surface area contributed by atoms with Gasteiger partial charge in [0.25, 0.3) is 0 Å². The summed E-state index contributed by atoms with van der Waals surface area (Å²) in [7, 11) is 0. The summed E-state index contributed by atoms with van der Waals surface area (Å²) in [5, 5.41) is 9.99. The van der Waals surface area contributed by atoms with Gasteiger partial charge in [-0.2, -0.15) is 0 Å². The molecular formula is C15H19NO3. The Morgan fingerprint density at radius 2 is 2.32 bits per heavy atom. The molecule has 1 heterocycles. The van der Waals surface area contributed by atoms with E-state index < -0.39 is 6.10 Å². The van der Waals surface area contributed by atoms with E-state index in [1.165, 1.54) is 0 Å². The Bertz CT molecular complexity index is 482. The highest BCUT2D eigenvalue weighted by atomic mass is 16.3. The van der Waals surface area contributed by atoms with Crippen LogP contribution in [0.5, 0.6) is 0 Å². The maximum Gasteiger partial charge on any atom is 0.227 e. The second kappa shape index (κ2) is 4.30. The molecule has 0 bridgehead atoms. The highest BCUT2D eigenvalue weighted by molar-refractivity contribution is 5.88. The fourth-order valence-electron chi connectivity index (χ4n) is 4.12. The molecule has 2 fully saturated rings. The molecule has 1 saturated carbocycles. The second-order valence-corrected chi connectivity index (χ2v) is 5.86. The van der Waals surface area contributed by atoms with Crippen molar-refractivity contribution in [2.75, 3.05) is 6.54 Å². The Kier molecular flexibility index (Phi) is 2.86. The molecule has 2 aliphatic carbocycles. The third-order valence-corrected chi connectivity index (χ3v) is 4.86. The van der Waals surface area contributed by atoms with Crippen molar-refractivity contribution in [1.82, 2.24) is 4.90 Å². The maximum atomic E-state index is 12.1. The number of hydrogen-bond donors (Lipinski definition) is 1. The predicted octanol–water partition coefficient (Wildman–Crippen LogP) is 1.41. The number of hydrogen-bond acceptors (Lipinski definition) is 3. The van der Waals surface area contributed by atoms with Crippen molar-refractivity contribution in [2.24, 2.45) is 11.3 Å². The highest BCUT2D eigenvalue weighted by Crippen LogP contribution is 2.57. The van der Waals surface area contributed by atoms with Crippen LogP contribution in [0.2, 0.25) is 0 Å². The average molecular weight is 261 g/mol. The Hall–Kier alpha value is -1.42. The molecule has 102 valence electrons. The molecule has 3 aliphatic rings. The van der Waals surface area contributed by atoms with E-state index >= 15 is 0 Å². The van der Waals surface area contributed by atoms with Gasteiger partial charge in [0.1, 0.15) is 5.78 Å². The molecule has 1 unspecified atom stereocenters. The molecule has 4 nitrogen and oxygen atoms in total. The SMILES string of the molecule is C=CCN1C(=O)CC[C@@]23CC(O)C[C@@H]2C(=O)CC=C13. The van der Waals surface area contributed by atoms with Crippen molar-refractivity contribution < 1.29 is 14.7 Å². The van der Waals surface area contributed by atoms with E-state index in [2.05, 4.69) is 6.58 Å². The molecule has 1 spiro atoms. The van der Waals surface area contributed by atoms with Crippen LogP contribution in [-0.4, -0.2) is 34.3 Å². The van der Waals surface area contributed by atoms with E-state index in [1.54, 1.807) is 11.0 Å². The van der Waals surface area contributed by atoms with E-state index in [4.69, 9.17) is 0 Å². The lowest BCUT2D eigenvalue weighted by Crippen LogP contribution is -2.49. The molecule has 0 aromatic heterocycles. The van der Waals surface area contributed by atoms with Gasteiger partial charge in [-0.05, 0) is 19.3 Å². The highest BCUT2D eigenvalue weighted by Gasteiger charge is 2.57. The van der Waals surface area contributed by atoms with Crippen LogP contribution in [0.3, 0.4) is 0 Å². The number of aliphatic hydroxyl groups excluding tert-OH is 1. The number of allylic oxidation sites excluding steroid dienone is 2. The number of piperidine rings is 1. The van der Waals surface area contributed by atoms with Crippen molar-refractivity contribution in [2.45, 2.75) is 38.2 Å². The Balaban J connectivity index is 2.05. The molecule has 0 aromatic carbocycles. The summed E-state index contributed by atoms with van der Waals surface area (Å²) >= 11 is 0. The maximum absolute atomic E-state index is 12.1. The molecular weight excluding hydrogens is 242 g/mol. The average Bonchev–Trinajstić information content (AvgIpc) is 2.72.